The average Bonchev–Trinajstić information content (AvgIpc) is 3.30. The molecule has 2 aliphatic rings. The van der Waals surface area contributed by atoms with Gasteiger partial charge in [0.25, 0.3) is 6.43 Å². The van der Waals surface area contributed by atoms with Crippen molar-refractivity contribution in [3.05, 3.63) is 59.7 Å². The highest BCUT2D eigenvalue weighted by molar-refractivity contribution is 8.13. The van der Waals surface area contributed by atoms with Crippen LogP contribution in [0.25, 0.3) is 0 Å². The molecule has 4 rings (SSSR count). The number of alkyl halides is 2. The maximum Gasteiger partial charge on any atom is 0.278 e. The molecule has 31 heavy (non-hydrogen) atoms. The SMILES string of the molecule is C=S(N1CCNCC1)N(Cc1ccc(C2=NN=C(C(F)F)C2)cc1F)c1cccnc1. The van der Waals surface area contributed by atoms with Crippen LogP contribution in [0.2, 0.25) is 0 Å². The third kappa shape index (κ3) is 5.03. The van der Waals surface area contributed by atoms with E-state index in [0.717, 1.165) is 31.9 Å². The highest BCUT2D eigenvalue weighted by atomic mass is 32.2. The molecule has 0 saturated carbocycles. The van der Waals surface area contributed by atoms with Crippen molar-refractivity contribution >= 4 is 33.8 Å². The average molecular weight is 449 g/mol. The maximum atomic E-state index is 15.0. The van der Waals surface area contributed by atoms with Crippen LogP contribution in [0, 0.1) is 5.82 Å². The lowest BCUT2D eigenvalue weighted by atomic mass is 10.0. The van der Waals surface area contributed by atoms with Crippen LogP contribution in [0.1, 0.15) is 17.5 Å². The first-order valence-electron chi connectivity index (χ1n) is 9.90. The maximum absolute atomic E-state index is 15.0. The standard InChI is InChI=1S/C21H23F3N6S/c1-31(29-9-7-25-8-10-29)30(17-3-2-6-26-13-17)14-16-5-4-15(11-18(16)22)19-12-20(21(23)24)28-27-19/h2-6,11,13,21,25H,1,7-10,12,14H2. The second-order valence-electron chi connectivity index (χ2n) is 7.19. The lowest BCUT2D eigenvalue weighted by Crippen LogP contribution is -2.43. The van der Waals surface area contributed by atoms with Gasteiger partial charge in [-0.1, -0.05) is 12.1 Å². The number of aromatic nitrogens is 1. The summed E-state index contributed by atoms with van der Waals surface area (Å²) in [7, 11) is -0.527. The quantitative estimate of drug-likeness (QED) is 0.659. The largest absolute Gasteiger partial charge is 0.314 e. The molecule has 1 aromatic carbocycles. The van der Waals surface area contributed by atoms with E-state index in [-0.39, 0.29) is 12.1 Å². The lowest BCUT2D eigenvalue weighted by molar-refractivity contribution is 0.224. The zero-order valence-corrected chi connectivity index (χ0v) is 17.7. The van der Waals surface area contributed by atoms with E-state index in [1.165, 1.54) is 6.07 Å². The summed E-state index contributed by atoms with van der Waals surface area (Å²) in [6.07, 6.45) is 0.722. The third-order valence-electron chi connectivity index (χ3n) is 5.16. The predicted octanol–water partition coefficient (Wildman–Crippen LogP) is 3.48. The molecule has 164 valence electrons. The van der Waals surface area contributed by atoms with Crippen LogP contribution in [0.4, 0.5) is 18.9 Å². The summed E-state index contributed by atoms with van der Waals surface area (Å²) >= 11 is 0. The molecule has 1 atom stereocenters. The number of hydrogen-bond donors (Lipinski definition) is 1. The molecule has 0 bridgehead atoms. The van der Waals surface area contributed by atoms with E-state index in [1.54, 1.807) is 24.5 Å². The molecule has 3 heterocycles. The van der Waals surface area contributed by atoms with E-state index in [1.807, 2.05) is 16.4 Å². The number of nitrogens with zero attached hydrogens (tertiary/aromatic N) is 5. The molecule has 1 N–H and O–H groups in total. The molecule has 0 amide bonds. The highest BCUT2D eigenvalue weighted by Crippen LogP contribution is 2.32. The molecule has 1 unspecified atom stereocenters. The second-order valence-corrected chi connectivity index (χ2v) is 8.83. The fourth-order valence-corrected chi connectivity index (χ4v) is 4.96. The molecular weight excluding hydrogens is 425 g/mol. The molecule has 2 aromatic rings. The zero-order chi connectivity index (χ0) is 21.8. The van der Waals surface area contributed by atoms with Crippen LogP contribution in [-0.2, 0) is 6.54 Å². The Morgan fingerprint density at radius 3 is 2.65 bits per heavy atom. The summed E-state index contributed by atoms with van der Waals surface area (Å²) in [6, 6.07) is 8.49. The number of rotatable bonds is 7. The fraction of sp³-hybridized carbons (Fsp3) is 0.333. The van der Waals surface area contributed by atoms with Crippen LogP contribution in [-0.4, -0.2) is 59.2 Å². The van der Waals surface area contributed by atoms with Gasteiger partial charge in [0.2, 0.25) is 0 Å². The minimum absolute atomic E-state index is 0.0659. The van der Waals surface area contributed by atoms with Gasteiger partial charge in [0.05, 0.1) is 24.1 Å². The van der Waals surface area contributed by atoms with Gasteiger partial charge in [0.15, 0.2) is 0 Å². The van der Waals surface area contributed by atoms with Crippen molar-refractivity contribution in [2.24, 2.45) is 10.2 Å². The summed E-state index contributed by atoms with van der Waals surface area (Å²) in [5, 5.41) is 10.6. The Labute approximate surface area is 181 Å². The molecule has 10 heteroatoms. The van der Waals surface area contributed by atoms with Gasteiger partial charge in [-0.25, -0.2) is 17.5 Å². The Kier molecular flexibility index (Phi) is 6.79. The van der Waals surface area contributed by atoms with Gasteiger partial charge in [0, 0.05) is 49.9 Å². The van der Waals surface area contributed by atoms with E-state index in [4.69, 9.17) is 0 Å². The minimum Gasteiger partial charge on any atom is -0.314 e. The Balaban J connectivity index is 1.55. The van der Waals surface area contributed by atoms with Gasteiger partial charge in [-0.3, -0.25) is 4.98 Å². The van der Waals surface area contributed by atoms with E-state index >= 15 is 4.39 Å². The van der Waals surface area contributed by atoms with E-state index in [2.05, 4.69) is 30.7 Å². The first-order chi connectivity index (χ1) is 15.0. The van der Waals surface area contributed by atoms with E-state index < -0.39 is 23.1 Å². The minimum atomic E-state index is -2.65. The number of piperazine rings is 1. The first kappa shape index (κ1) is 21.7. The molecule has 1 saturated heterocycles. The molecule has 0 spiro atoms. The van der Waals surface area contributed by atoms with Gasteiger partial charge >= 0.3 is 0 Å². The molecule has 2 aliphatic heterocycles. The molecule has 1 fully saturated rings. The number of nitrogens with one attached hydrogen (secondary N) is 1. The molecule has 1 aromatic heterocycles. The van der Waals surface area contributed by atoms with Crippen LogP contribution in [0.5, 0.6) is 0 Å². The van der Waals surface area contributed by atoms with E-state index in [9.17, 15) is 8.78 Å². The van der Waals surface area contributed by atoms with Crippen LogP contribution in [0.15, 0.2) is 52.9 Å². The van der Waals surface area contributed by atoms with Crippen molar-refractivity contribution in [3.63, 3.8) is 0 Å². The molecule has 0 radical (unpaired) electrons. The predicted molar refractivity (Wildman–Crippen MR) is 121 cm³/mol. The molecular formula is C21H23F3N6S. The van der Waals surface area contributed by atoms with Gasteiger partial charge in [-0.2, -0.15) is 10.2 Å². The smallest absolute Gasteiger partial charge is 0.278 e. The van der Waals surface area contributed by atoms with Crippen molar-refractivity contribution in [1.29, 1.82) is 0 Å². The number of benzene rings is 1. The zero-order valence-electron chi connectivity index (χ0n) is 16.8. The number of pyridine rings is 1. The number of anilines is 1. The second kappa shape index (κ2) is 9.71. The topological polar surface area (TPSA) is 56.1 Å². The first-order valence-corrected chi connectivity index (χ1v) is 11.2. The highest BCUT2D eigenvalue weighted by Gasteiger charge is 2.23. The number of hydrogen-bond acceptors (Lipinski definition) is 6. The summed E-state index contributed by atoms with van der Waals surface area (Å²) in [5.74, 6) is 3.95. The Morgan fingerprint density at radius 2 is 2.00 bits per heavy atom. The molecule has 6 nitrogen and oxygen atoms in total. The Morgan fingerprint density at radius 1 is 1.19 bits per heavy atom. The van der Waals surface area contributed by atoms with Gasteiger partial charge in [-0.05, 0) is 34.9 Å². The van der Waals surface area contributed by atoms with Gasteiger partial charge in [-0.15, -0.1) is 0 Å². The number of halogens is 3. The van der Waals surface area contributed by atoms with Crippen LogP contribution >= 0.6 is 10.9 Å². The van der Waals surface area contributed by atoms with Crippen molar-refractivity contribution in [3.8, 4) is 0 Å². The monoisotopic (exact) mass is 448 g/mol. The normalized spacial score (nSPS) is 18.1. The van der Waals surface area contributed by atoms with Gasteiger partial charge < -0.3 is 9.62 Å². The van der Waals surface area contributed by atoms with Crippen LogP contribution in [0.3, 0.4) is 0 Å². The summed E-state index contributed by atoms with van der Waals surface area (Å²) in [4.78, 5) is 4.21. The van der Waals surface area contributed by atoms with Crippen LogP contribution < -0.4 is 9.62 Å². The Bertz CT molecular complexity index is 1010. The summed E-state index contributed by atoms with van der Waals surface area (Å²) in [6.45, 7) is 3.79. The van der Waals surface area contributed by atoms with Gasteiger partial charge in [0.1, 0.15) is 11.5 Å². The van der Waals surface area contributed by atoms with Crippen molar-refractivity contribution in [2.45, 2.75) is 19.4 Å². The summed E-state index contributed by atoms with van der Waals surface area (Å²) in [5.41, 5.74) is 1.86. The van der Waals surface area contributed by atoms with E-state index in [0.29, 0.717) is 23.4 Å². The fourth-order valence-electron chi connectivity index (χ4n) is 3.44. The van der Waals surface area contributed by atoms with Crippen molar-refractivity contribution in [1.82, 2.24) is 14.6 Å². The summed E-state index contributed by atoms with van der Waals surface area (Å²) < 4.78 is 44.9. The third-order valence-corrected chi connectivity index (χ3v) is 6.97. The van der Waals surface area contributed by atoms with Crippen molar-refractivity contribution in [2.75, 3.05) is 30.5 Å². The van der Waals surface area contributed by atoms with Crippen molar-refractivity contribution < 1.29 is 13.2 Å². The lowest BCUT2D eigenvalue weighted by Gasteiger charge is -2.37. The Hall–Kier alpha value is -2.56. The molecule has 0 aliphatic carbocycles.